The monoisotopic (exact) mass is 184 g/mol. The third-order valence-electron chi connectivity index (χ3n) is 3.98. The van der Waals surface area contributed by atoms with Crippen LogP contribution in [0.4, 0.5) is 0 Å². The highest BCUT2D eigenvalue weighted by molar-refractivity contribution is 4.71. The summed E-state index contributed by atoms with van der Waals surface area (Å²) in [5.74, 6) is 0.988. The highest BCUT2D eigenvalue weighted by Gasteiger charge is 2.31. The van der Waals surface area contributed by atoms with Crippen molar-refractivity contribution >= 4 is 0 Å². The van der Waals surface area contributed by atoms with E-state index >= 15 is 0 Å². The summed E-state index contributed by atoms with van der Waals surface area (Å²) in [5.41, 5.74) is 0. The molecule has 2 aliphatic rings. The second-order valence-corrected chi connectivity index (χ2v) is 4.89. The van der Waals surface area contributed by atoms with E-state index in [0.29, 0.717) is 0 Å². The first-order chi connectivity index (χ1) is 6.38. The molecule has 1 aliphatic heterocycles. The molecule has 13 heavy (non-hydrogen) atoms. The van der Waals surface area contributed by atoms with Crippen LogP contribution < -0.4 is 10.2 Å². The average Bonchev–Trinajstić information content (AvgIpc) is 2.20. The highest BCUT2D eigenvalue weighted by atomic mass is 15.2. The van der Waals surface area contributed by atoms with Crippen LogP contribution in [0.15, 0.2) is 0 Å². The molecule has 2 nitrogen and oxygen atoms in total. The number of nitrogens with one attached hydrogen (secondary N) is 1. The second-order valence-electron chi connectivity index (χ2n) is 4.89. The number of hydrogen-bond acceptors (Lipinski definition) is 0. The van der Waals surface area contributed by atoms with E-state index in [1.165, 1.54) is 51.9 Å². The Balaban J connectivity index is 1.88. The summed E-state index contributed by atoms with van der Waals surface area (Å²) in [6.07, 6.45) is 5.95. The zero-order chi connectivity index (χ0) is 9.10. The number of hydrogen-bond donors (Lipinski definition) is 2. The van der Waals surface area contributed by atoms with Gasteiger partial charge < -0.3 is 10.2 Å². The van der Waals surface area contributed by atoms with Gasteiger partial charge in [-0.15, -0.1) is 0 Å². The number of piperazine rings is 1. The first-order valence-electron chi connectivity index (χ1n) is 6.04. The maximum Gasteiger partial charge on any atom is 0.127 e. The van der Waals surface area contributed by atoms with Crippen molar-refractivity contribution in [3.63, 3.8) is 0 Å². The van der Waals surface area contributed by atoms with Gasteiger partial charge in [-0.05, 0) is 19.3 Å². The minimum atomic E-state index is 0.988. The number of quaternary nitrogens is 2. The number of nitrogens with two attached hydrogens (primary N) is 1. The maximum atomic E-state index is 2.47. The normalized spacial score (nSPS) is 37.6. The Morgan fingerprint density at radius 1 is 1.08 bits per heavy atom. The van der Waals surface area contributed by atoms with Crippen LogP contribution in [-0.2, 0) is 0 Å². The van der Waals surface area contributed by atoms with Gasteiger partial charge in [0.1, 0.15) is 26.2 Å². The van der Waals surface area contributed by atoms with Gasteiger partial charge in [0, 0.05) is 5.92 Å². The van der Waals surface area contributed by atoms with E-state index in [9.17, 15) is 0 Å². The standard InChI is InChI=1S/C11H22N2/c1-10-4-2-3-5-11(10)13-8-6-12-7-9-13/h10-12H,2-9H2,1H3/p+2/t10-,11+/m1/s1. The molecular weight excluding hydrogens is 160 g/mol. The Morgan fingerprint density at radius 2 is 1.77 bits per heavy atom. The van der Waals surface area contributed by atoms with Gasteiger partial charge in [0.15, 0.2) is 0 Å². The Labute approximate surface area is 81.7 Å². The second kappa shape index (κ2) is 4.43. The van der Waals surface area contributed by atoms with Crippen LogP contribution in [0, 0.1) is 5.92 Å². The van der Waals surface area contributed by atoms with Crippen molar-refractivity contribution in [1.29, 1.82) is 0 Å². The molecule has 0 radical (unpaired) electrons. The summed E-state index contributed by atoms with van der Waals surface area (Å²) < 4.78 is 0. The SMILES string of the molecule is C[C@@H]1CCCC[C@@H]1[NH+]1CC[NH2+]CC1. The van der Waals surface area contributed by atoms with Gasteiger partial charge in [-0.2, -0.15) is 0 Å². The fraction of sp³-hybridized carbons (Fsp3) is 1.00. The molecule has 0 amide bonds. The molecule has 1 heterocycles. The molecule has 1 aliphatic carbocycles. The summed E-state index contributed by atoms with van der Waals surface area (Å²) in [5, 5.41) is 2.47. The van der Waals surface area contributed by atoms with Crippen molar-refractivity contribution in [2.75, 3.05) is 26.2 Å². The fourth-order valence-electron chi connectivity index (χ4n) is 3.14. The molecule has 3 N–H and O–H groups in total. The maximum absolute atomic E-state index is 2.47. The zero-order valence-corrected chi connectivity index (χ0v) is 8.89. The van der Waals surface area contributed by atoms with Gasteiger partial charge in [-0.3, -0.25) is 0 Å². The molecule has 2 heteroatoms. The summed E-state index contributed by atoms with van der Waals surface area (Å²) in [6, 6.07) is 1.00. The van der Waals surface area contributed by atoms with Crippen molar-refractivity contribution in [1.82, 2.24) is 0 Å². The molecule has 0 aromatic rings. The third-order valence-corrected chi connectivity index (χ3v) is 3.98. The van der Waals surface area contributed by atoms with Gasteiger partial charge >= 0.3 is 0 Å². The average molecular weight is 184 g/mol. The van der Waals surface area contributed by atoms with Crippen LogP contribution in [0.5, 0.6) is 0 Å². The van der Waals surface area contributed by atoms with E-state index in [4.69, 9.17) is 0 Å². The highest BCUT2D eigenvalue weighted by Crippen LogP contribution is 2.21. The van der Waals surface area contributed by atoms with Crippen LogP contribution in [0.3, 0.4) is 0 Å². The first kappa shape index (κ1) is 9.47. The molecule has 1 saturated heterocycles. The molecule has 0 unspecified atom stereocenters. The number of rotatable bonds is 1. The Kier molecular flexibility index (Phi) is 3.23. The molecule has 2 fully saturated rings. The first-order valence-corrected chi connectivity index (χ1v) is 6.04. The van der Waals surface area contributed by atoms with Crippen molar-refractivity contribution in [2.45, 2.75) is 38.6 Å². The van der Waals surface area contributed by atoms with E-state index in [2.05, 4.69) is 12.2 Å². The predicted molar refractivity (Wildman–Crippen MR) is 53.8 cm³/mol. The van der Waals surface area contributed by atoms with Crippen LogP contribution in [0.2, 0.25) is 0 Å². The molecule has 0 spiro atoms. The third kappa shape index (κ3) is 2.23. The minimum absolute atomic E-state index is 0.988. The molecule has 76 valence electrons. The van der Waals surface area contributed by atoms with E-state index in [0.717, 1.165) is 12.0 Å². The van der Waals surface area contributed by atoms with Crippen molar-refractivity contribution < 1.29 is 10.2 Å². The summed E-state index contributed by atoms with van der Waals surface area (Å²) in [4.78, 5) is 1.91. The quantitative estimate of drug-likeness (QED) is 0.523. The lowest BCUT2D eigenvalue weighted by atomic mass is 9.84. The van der Waals surface area contributed by atoms with Gasteiger partial charge in [0.2, 0.25) is 0 Å². The van der Waals surface area contributed by atoms with Gasteiger partial charge in [-0.1, -0.05) is 13.3 Å². The summed E-state index contributed by atoms with van der Waals surface area (Å²) in [7, 11) is 0. The van der Waals surface area contributed by atoms with Crippen LogP contribution in [0.1, 0.15) is 32.6 Å². The minimum Gasteiger partial charge on any atom is -0.337 e. The van der Waals surface area contributed by atoms with Gasteiger partial charge in [0.05, 0.1) is 6.04 Å². The molecule has 0 aromatic heterocycles. The lowest BCUT2D eigenvalue weighted by molar-refractivity contribution is -0.971. The van der Waals surface area contributed by atoms with Crippen molar-refractivity contribution in [3.05, 3.63) is 0 Å². The van der Waals surface area contributed by atoms with E-state index < -0.39 is 0 Å². The van der Waals surface area contributed by atoms with Crippen molar-refractivity contribution in [3.8, 4) is 0 Å². The van der Waals surface area contributed by atoms with E-state index in [1.807, 2.05) is 4.90 Å². The molecule has 1 saturated carbocycles. The summed E-state index contributed by atoms with van der Waals surface area (Å²) in [6.45, 7) is 8.01. The van der Waals surface area contributed by atoms with Gasteiger partial charge in [-0.25, -0.2) is 0 Å². The summed E-state index contributed by atoms with van der Waals surface area (Å²) >= 11 is 0. The Morgan fingerprint density at radius 3 is 2.46 bits per heavy atom. The smallest absolute Gasteiger partial charge is 0.127 e. The predicted octanol–water partition coefficient (Wildman–Crippen LogP) is -0.973. The van der Waals surface area contributed by atoms with Crippen LogP contribution >= 0.6 is 0 Å². The Bertz CT molecular complexity index is 152. The largest absolute Gasteiger partial charge is 0.337 e. The fourth-order valence-corrected chi connectivity index (χ4v) is 3.14. The lowest BCUT2D eigenvalue weighted by Crippen LogP contribution is -3.23. The topological polar surface area (TPSA) is 21.1 Å². The lowest BCUT2D eigenvalue weighted by Gasteiger charge is -2.36. The molecule has 2 rings (SSSR count). The molecular formula is C11H24N2+2. The molecule has 2 atom stereocenters. The van der Waals surface area contributed by atoms with E-state index in [1.54, 1.807) is 0 Å². The Hall–Kier alpha value is -0.0800. The van der Waals surface area contributed by atoms with E-state index in [-0.39, 0.29) is 0 Å². The van der Waals surface area contributed by atoms with Crippen LogP contribution in [0.25, 0.3) is 0 Å². The molecule has 0 bridgehead atoms. The zero-order valence-electron chi connectivity index (χ0n) is 8.89. The molecule has 0 aromatic carbocycles. The van der Waals surface area contributed by atoms with Crippen molar-refractivity contribution in [2.24, 2.45) is 5.92 Å². The van der Waals surface area contributed by atoms with Crippen LogP contribution in [-0.4, -0.2) is 32.2 Å². The van der Waals surface area contributed by atoms with Gasteiger partial charge in [0.25, 0.3) is 0 Å².